The maximum atomic E-state index is 12.7. The molecule has 0 unspecified atom stereocenters. The molecule has 1 aromatic rings. The third kappa shape index (κ3) is 2.81. The van der Waals surface area contributed by atoms with Gasteiger partial charge in [-0.25, -0.2) is 8.42 Å². The van der Waals surface area contributed by atoms with Crippen LogP contribution in [-0.4, -0.2) is 66.4 Å². The minimum Gasteiger partial charge on any atom is -0.325 e. The molecule has 2 aliphatic heterocycles. The van der Waals surface area contributed by atoms with E-state index in [0.29, 0.717) is 19.5 Å². The number of benzene rings is 1. The Labute approximate surface area is 153 Å². The zero-order chi connectivity index (χ0) is 18.5. The number of rotatable bonds is 3. The summed E-state index contributed by atoms with van der Waals surface area (Å²) >= 11 is 0. The van der Waals surface area contributed by atoms with E-state index < -0.39 is 15.6 Å². The quantitative estimate of drug-likeness (QED) is 0.781. The summed E-state index contributed by atoms with van der Waals surface area (Å²) in [7, 11) is -3.29. The van der Waals surface area contributed by atoms with Gasteiger partial charge in [-0.15, -0.1) is 0 Å². The molecule has 1 atom stereocenters. The van der Waals surface area contributed by atoms with Crippen molar-refractivity contribution in [3.05, 3.63) is 30.3 Å². The fraction of sp³-hybridized carbons (Fsp3) is 0.556. The van der Waals surface area contributed by atoms with Crippen molar-refractivity contribution in [3.8, 4) is 0 Å². The molecule has 8 heteroatoms. The van der Waals surface area contributed by atoms with Gasteiger partial charge in [0.1, 0.15) is 6.54 Å². The summed E-state index contributed by atoms with van der Waals surface area (Å²) in [6.07, 6.45) is 1.99. The van der Waals surface area contributed by atoms with E-state index in [9.17, 15) is 18.0 Å². The van der Waals surface area contributed by atoms with E-state index >= 15 is 0 Å². The molecule has 2 amide bonds. The second-order valence-corrected chi connectivity index (χ2v) is 9.69. The lowest BCUT2D eigenvalue weighted by molar-refractivity contribution is -0.142. The predicted molar refractivity (Wildman–Crippen MR) is 97.0 cm³/mol. The normalized spacial score (nSPS) is 27.3. The van der Waals surface area contributed by atoms with Gasteiger partial charge in [0.15, 0.2) is 0 Å². The molecule has 2 saturated heterocycles. The number of para-hydroxylation sites is 1. The molecule has 4 rings (SSSR count). The molecular weight excluding hydrogens is 354 g/mol. The van der Waals surface area contributed by atoms with Crippen molar-refractivity contribution >= 4 is 27.5 Å². The highest BCUT2D eigenvalue weighted by atomic mass is 32.2. The molecule has 26 heavy (non-hydrogen) atoms. The summed E-state index contributed by atoms with van der Waals surface area (Å²) in [5.41, 5.74) is 0.126. The Morgan fingerprint density at radius 2 is 1.85 bits per heavy atom. The molecule has 1 saturated carbocycles. The van der Waals surface area contributed by atoms with Crippen molar-refractivity contribution in [2.24, 2.45) is 0 Å². The highest BCUT2D eigenvalue weighted by Crippen LogP contribution is 2.39. The van der Waals surface area contributed by atoms with Crippen LogP contribution in [-0.2, 0) is 19.6 Å². The number of anilines is 1. The minimum absolute atomic E-state index is 0.0124. The molecule has 3 fully saturated rings. The number of hydrogen-bond acceptors (Lipinski definition) is 4. The van der Waals surface area contributed by atoms with Gasteiger partial charge in [0.05, 0.1) is 17.3 Å². The lowest BCUT2D eigenvalue weighted by atomic mass is 9.92. The van der Waals surface area contributed by atoms with Gasteiger partial charge in [0.2, 0.25) is 21.8 Å². The van der Waals surface area contributed by atoms with Gasteiger partial charge in [-0.1, -0.05) is 18.2 Å². The lowest BCUT2D eigenvalue weighted by Gasteiger charge is -2.48. The molecule has 1 aromatic carbocycles. The summed E-state index contributed by atoms with van der Waals surface area (Å²) in [5, 5.41) is -0.265. The first kappa shape index (κ1) is 17.5. The van der Waals surface area contributed by atoms with Crippen LogP contribution >= 0.6 is 0 Å². The average molecular weight is 377 g/mol. The largest absolute Gasteiger partial charge is 0.325 e. The molecule has 1 aliphatic carbocycles. The zero-order valence-electron chi connectivity index (χ0n) is 14.8. The first-order chi connectivity index (χ1) is 12.3. The fourth-order valence-electron chi connectivity index (χ4n) is 4.11. The molecule has 0 bridgehead atoms. The summed E-state index contributed by atoms with van der Waals surface area (Å²) in [4.78, 5) is 28.2. The molecule has 1 spiro atoms. The number of carbonyl (C=O) groups is 2. The third-order valence-electron chi connectivity index (χ3n) is 5.67. The van der Waals surface area contributed by atoms with Crippen molar-refractivity contribution in [2.75, 3.05) is 31.1 Å². The van der Waals surface area contributed by atoms with Crippen molar-refractivity contribution in [1.29, 1.82) is 0 Å². The smallest absolute Gasteiger partial charge is 0.246 e. The third-order valence-corrected chi connectivity index (χ3v) is 8.02. The van der Waals surface area contributed by atoms with Crippen LogP contribution in [0.4, 0.5) is 5.69 Å². The van der Waals surface area contributed by atoms with E-state index in [1.54, 1.807) is 9.80 Å². The number of nitrogens with zero attached hydrogens (tertiary/aromatic N) is 3. The Morgan fingerprint density at radius 3 is 2.46 bits per heavy atom. The molecule has 0 N–H and O–H groups in total. The average Bonchev–Trinajstić information content (AvgIpc) is 3.39. The van der Waals surface area contributed by atoms with E-state index in [-0.39, 0.29) is 30.2 Å². The van der Waals surface area contributed by atoms with Gasteiger partial charge < -0.3 is 9.80 Å². The minimum atomic E-state index is -3.29. The van der Waals surface area contributed by atoms with Crippen LogP contribution in [0.25, 0.3) is 0 Å². The van der Waals surface area contributed by atoms with Gasteiger partial charge >= 0.3 is 0 Å². The number of hydrogen-bond donors (Lipinski definition) is 0. The van der Waals surface area contributed by atoms with E-state index in [1.807, 2.05) is 30.3 Å². The van der Waals surface area contributed by atoms with Crippen LogP contribution in [0.2, 0.25) is 0 Å². The molecular formula is C18H23N3O4S. The second-order valence-electron chi connectivity index (χ2n) is 7.47. The zero-order valence-corrected chi connectivity index (χ0v) is 15.6. The molecule has 0 aromatic heterocycles. The van der Waals surface area contributed by atoms with E-state index in [1.165, 1.54) is 11.2 Å². The van der Waals surface area contributed by atoms with Crippen molar-refractivity contribution in [1.82, 2.24) is 9.21 Å². The number of carbonyl (C=O) groups excluding carboxylic acids is 2. The Hall–Kier alpha value is -1.93. The van der Waals surface area contributed by atoms with E-state index in [0.717, 1.165) is 18.5 Å². The summed E-state index contributed by atoms with van der Waals surface area (Å²) < 4.78 is 26.8. The first-order valence-electron chi connectivity index (χ1n) is 8.96. The number of amides is 2. The van der Waals surface area contributed by atoms with E-state index in [4.69, 9.17) is 0 Å². The van der Waals surface area contributed by atoms with Crippen molar-refractivity contribution in [2.45, 2.75) is 37.0 Å². The highest BCUT2D eigenvalue weighted by molar-refractivity contribution is 7.90. The topological polar surface area (TPSA) is 78.0 Å². The number of piperazine rings is 1. The standard InChI is InChI=1S/C18H23N3O4S/c1-14(22)21-11-17(23)20(15-5-3-2-4-6-15)13-18(21)9-10-19(12-18)26(24,25)16-7-8-16/h2-6,16H,7-13H2,1H3/t18-/m1/s1. The van der Waals surface area contributed by atoms with Gasteiger partial charge in [-0.3, -0.25) is 9.59 Å². The maximum absolute atomic E-state index is 12.7. The van der Waals surface area contributed by atoms with Crippen LogP contribution in [0, 0.1) is 0 Å². The van der Waals surface area contributed by atoms with Crippen molar-refractivity contribution in [3.63, 3.8) is 0 Å². The summed E-state index contributed by atoms with van der Waals surface area (Å²) in [6, 6.07) is 9.34. The number of sulfonamides is 1. The van der Waals surface area contributed by atoms with Crippen LogP contribution in [0.3, 0.4) is 0 Å². The Kier molecular flexibility index (Phi) is 4.07. The molecule has 140 valence electrons. The summed E-state index contributed by atoms with van der Waals surface area (Å²) in [6.45, 7) is 2.43. The first-order valence-corrected chi connectivity index (χ1v) is 10.5. The van der Waals surface area contributed by atoms with Gasteiger partial charge in [-0.2, -0.15) is 4.31 Å². The molecule has 3 aliphatic rings. The monoisotopic (exact) mass is 377 g/mol. The van der Waals surface area contributed by atoms with Crippen LogP contribution in [0.5, 0.6) is 0 Å². The van der Waals surface area contributed by atoms with Gasteiger partial charge in [-0.05, 0) is 31.4 Å². The fourth-order valence-corrected chi connectivity index (χ4v) is 6.03. The molecule has 0 radical (unpaired) electrons. The van der Waals surface area contributed by atoms with Crippen LogP contribution in [0.1, 0.15) is 26.2 Å². The maximum Gasteiger partial charge on any atom is 0.246 e. The Morgan fingerprint density at radius 1 is 1.15 bits per heavy atom. The van der Waals surface area contributed by atoms with Crippen LogP contribution < -0.4 is 4.90 Å². The van der Waals surface area contributed by atoms with Gasteiger partial charge in [0.25, 0.3) is 0 Å². The van der Waals surface area contributed by atoms with Crippen molar-refractivity contribution < 1.29 is 18.0 Å². The second kappa shape index (κ2) is 6.06. The molecule has 2 heterocycles. The highest BCUT2D eigenvalue weighted by Gasteiger charge is 2.54. The SMILES string of the molecule is CC(=O)N1CC(=O)N(c2ccccc2)C[C@]12CCN(S(=O)(=O)C1CC1)C2. The Bertz CT molecular complexity index is 837. The summed E-state index contributed by atoms with van der Waals surface area (Å²) in [5.74, 6) is -0.322. The van der Waals surface area contributed by atoms with Gasteiger partial charge in [0, 0.05) is 25.7 Å². The lowest BCUT2D eigenvalue weighted by Crippen LogP contribution is -2.67. The Balaban J connectivity index is 1.65. The van der Waals surface area contributed by atoms with E-state index in [2.05, 4.69) is 0 Å². The van der Waals surface area contributed by atoms with Crippen LogP contribution in [0.15, 0.2) is 30.3 Å². The predicted octanol–water partition coefficient (Wildman–Crippen LogP) is 0.818. The molecule has 7 nitrogen and oxygen atoms in total.